The van der Waals surface area contributed by atoms with Gasteiger partial charge >= 0.3 is 0 Å². The highest BCUT2D eigenvalue weighted by Crippen LogP contribution is 2.35. The van der Waals surface area contributed by atoms with Crippen LogP contribution in [0.25, 0.3) is 20.8 Å². The third-order valence-electron chi connectivity index (χ3n) is 2.85. The maximum absolute atomic E-state index is 13.2. The van der Waals surface area contributed by atoms with E-state index in [1.54, 1.807) is 31.3 Å². The molecule has 3 aromatic rings. The molecular weight excluding hydrogens is 263 g/mol. The molecule has 3 nitrogen and oxygen atoms in total. The van der Waals surface area contributed by atoms with Crippen LogP contribution in [0.4, 0.5) is 10.1 Å². The molecule has 0 bridgehead atoms. The fraction of sp³-hybridized carbons (Fsp3) is 0.0714. The van der Waals surface area contributed by atoms with Crippen LogP contribution in [-0.2, 0) is 0 Å². The molecule has 1 heterocycles. The first-order chi connectivity index (χ1) is 9.17. The lowest BCUT2D eigenvalue weighted by atomic mass is 10.2. The van der Waals surface area contributed by atoms with E-state index in [4.69, 9.17) is 0 Å². The third-order valence-corrected chi connectivity index (χ3v) is 3.90. The van der Waals surface area contributed by atoms with E-state index in [2.05, 4.69) is 10.3 Å². The molecule has 1 aromatic heterocycles. The van der Waals surface area contributed by atoms with Gasteiger partial charge in [-0.15, -0.1) is 11.3 Å². The lowest BCUT2D eigenvalue weighted by molar-refractivity contribution is 0.476. The molecule has 3 rings (SSSR count). The Kier molecular flexibility index (Phi) is 2.83. The van der Waals surface area contributed by atoms with Gasteiger partial charge in [0.25, 0.3) is 0 Å². The summed E-state index contributed by atoms with van der Waals surface area (Å²) in [7, 11) is 1.75. The maximum Gasteiger partial charge on any atom is 0.126 e. The van der Waals surface area contributed by atoms with Gasteiger partial charge in [-0.1, -0.05) is 0 Å². The number of nitrogens with zero attached hydrogens (tertiary/aromatic N) is 1. The molecule has 96 valence electrons. The highest BCUT2D eigenvalue weighted by Gasteiger charge is 2.11. The molecule has 0 unspecified atom stereocenters. The molecule has 2 aromatic carbocycles. The highest BCUT2D eigenvalue weighted by molar-refractivity contribution is 7.21. The molecule has 0 atom stereocenters. The Morgan fingerprint density at radius 2 is 2.05 bits per heavy atom. The number of fused-ring (bicyclic) bond motifs is 1. The predicted octanol–water partition coefficient (Wildman–Crippen LogP) is 3.85. The number of hydrogen-bond donors (Lipinski definition) is 2. The second-order valence-electron chi connectivity index (χ2n) is 4.11. The van der Waals surface area contributed by atoms with Crippen molar-refractivity contribution in [2.75, 3.05) is 12.4 Å². The average molecular weight is 274 g/mol. The van der Waals surface area contributed by atoms with Gasteiger partial charge in [-0.05, 0) is 36.4 Å². The van der Waals surface area contributed by atoms with Gasteiger partial charge in [-0.25, -0.2) is 9.37 Å². The lowest BCUT2D eigenvalue weighted by Crippen LogP contribution is -1.92. The van der Waals surface area contributed by atoms with Crippen molar-refractivity contribution in [3.8, 4) is 16.3 Å². The molecule has 0 saturated heterocycles. The summed E-state index contributed by atoms with van der Waals surface area (Å²) in [6.45, 7) is 0. The fourth-order valence-electron chi connectivity index (χ4n) is 1.94. The Bertz CT molecular complexity index is 754. The van der Waals surface area contributed by atoms with Crippen LogP contribution < -0.4 is 5.32 Å². The lowest BCUT2D eigenvalue weighted by Gasteiger charge is -2.05. The summed E-state index contributed by atoms with van der Waals surface area (Å²) in [6.07, 6.45) is 0. The van der Waals surface area contributed by atoms with E-state index in [1.165, 1.54) is 23.5 Å². The molecule has 0 radical (unpaired) electrons. The zero-order valence-electron chi connectivity index (χ0n) is 10.1. The number of nitrogens with one attached hydrogen (secondary N) is 1. The van der Waals surface area contributed by atoms with Crippen LogP contribution in [0.15, 0.2) is 36.4 Å². The molecule has 19 heavy (non-hydrogen) atoms. The van der Waals surface area contributed by atoms with E-state index >= 15 is 0 Å². The molecule has 0 saturated carbocycles. The average Bonchev–Trinajstić information content (AvgIpc) is 2.81. The van der Waals surface area contributed by atoms with Crippen LogP contribution in [-0.4, -0.2) is 17.1 Å². The van der Waals surface area contributed by atoms with Gasteiger partial charge in [0.05, 0.1) is 10.2 Å². The Hall–Kier alpha value is -2.14. The first-order valence-corrected chi connectivity index (χ1v) is 6.56. The van der Waals surface area contributed by atoms with Crippen molar-refractivity contribution in [2.45, 2.75) is 0 Å². The standard InChI is InChI=1S/C14H11FN2OS/c1-16-12-6-8(15)2-4-10(12)14-17-11-5-3-9(18)7-13(11)19-14/h2-7,16,18H,1H3. The van der Waals surface area contributed by atoms with E-state index in [9.17, 15) is 9.50 Å². The number of anilines is 1. The minimum absolute atomic E-state index is 0.218. The Morgan fingerprint density at radius 1 is 1.21 bits per heavy atom. The smallest absolute Gasteiger partial charge is 0.126 e. The molecule has 0 amide bonds. The van der Waals surface area contributed by atoms with Crippen molar-refractivity contribution in [3.63, 3.8) is 0 Å². The summed E-state index contributed by atoms with van der Waals surface area (Å²) in [6, 6.07) is 9.62. The Labute approximate surface area is 113 Å². The van der Waals surface area contributed by atoms with Crippen LogP contribution in [0.1, 0.15) is 0 Å². The SMILES string of the molecule is CNc1cc(F)ccc1-c1nc2ccc(O)cc2s1. The Balaban J connectivity index is 2.18. The molecule has 5 heteroatoms. The second-order valence-corrected chi connectivity index (χ2v) is 5.14. The van der Waals surface area contributed by atoms with Crippen LogP contribution in [0.2, 0.25) is 0 Å². The van der Waals surface area contributed by atoms with Crippen molar-refractivity contribution in [1.29, 1.82) is 0 Å². The number of benzene rings is 2. The van der Waals surface area contributed by atoms with Crippen LogP contribution in [0, 0.1) is 5.82 Å². The van der Waals surface area contributed by atoms with Gasteiger partial charge in [-0.3, -0.25) is 0 Å². The topological polar surface area (TPSA) is 45.2 Å². The molecule has 0 fully saturated rings. The molecule has 0 spiro atoms. The fourth-order valence-corrected chi connectivity index (χ4v) is 2.98. The zero-order valence-corrected chi connectivity index (χ0v) is 11.0. The van der Waals surface area contributed by atoms with Crippen molar-refractivity contribution in [3.05, 3.63) is 42.2 Å². The quantitative estimate of drug-likeness (QED) is 0.746. The number of hydrogen-bond acceptors (Lipinski definition) is 4. The van der Waals surface area contributed by atoms with Crippen molar-refractivity contribution in [2.24, 2.45) is 0 Å². The summed E-state index contributed by atoms with van der Waals surface area (Å²) in [4.78, 5) is 4.51. The number of halogens is 1. The second kappa shape index (κ2) is 4.51. The molecule has 2 N–H and O–H groups in total. The highest BCUT2D eigenvalue weighted by atomic mass is 32.1. The zero-order chi connectivity index (χ0) is 13.4. The van der Waals surface area contributed by atoms with E-state index in [0.717, 1.165) is 20.8 Å². The summed E-state index contributed by atoms with van der Waals surface area (Å²) in [5, 5.41) is 13.2. The van der Waals surface area contributed by atoms with Gasteiger partial charge in [-0.2, -0.15) is 0 Å². The number of aromatic hydroxyl groups is 1. The first kappa shape index (κ1) is 11.9. The van der Waals surface area contributed by atoms with Crippen molar-refractivity contribution < 1.29 is 9.50 Å². The third kappa shape index (κ3) is 2.13. The van der Waals surface area contributed by atoms with E-state index in [0.29, 0.717) is 5.69 Å². The summed E-state index contributed by atoms with van der Waals surface area (Å²) >= 11 is 1.47. The number of rotatable bonds is 2. The van der Waals surface area contributed by atoms with Crippen molar-refractivity contribution in [1.82, 2.24) is 4.98 Å². The summed E-state index contributed by atoms with van der Waals surface area (Å²) in [5.74, 6) is -0.0671. The van der Waals surface area contributed by atoms with E-state index < -0.39 is 0 Å². The van der Waals surface area contributed by atoms with Crippen molar-refractivity contribution >= 4 is 27.2 Å². The monoisotopic (exact) mass is 274 g/mol. The van der Waals surface area contributed by atoms with Gasteiger partial charge < -0.3 is 10.4 Å². The van der Waals surface area contributed by atoms with Gasteiger partial charge in [0.1, 0.15) is 16.6 Å². The Morgan fingerprint density at radius 3 is 2.84 bits per heavy atom. The summed E-state index contributed by atoms with van der Waals surface area (Å²) < 4.78 is 14.1. The minimum atomic E-state index is -0.285. The number of thiazole rings is 1. The number of phenolic OH excluding ortho intramolecular Hbond substituents is 1. The van der Waals surface area contributed by atoms with Gasteiger partial charge in [0, 0.05) is 18.3 Å². The van der Waals surface area contributed by atoms with Gasteiger partial charge in [0.2, 0.25) is 0 Å². The largest absolute Gasteiger partial charge is 0.508 e. The van der Waals surface area contributed by atoms with Crippen LogP contribution in [0.3, 0.4) is 0 Å². The first-order valence-electron chi connectivity index (χ1n) is 5.74. The number of phenols is 1. The van der Waals surface area contributed by atoms with E-state index in [1.807, 2.05) is 0 Å². The molecule has 0 aliphatic heterocycles. The maximum atomic E-state index is 13.2. The van der Waals surface area contributed by atoms with Crippen LogP contribution >= 0.6 is 11.3 Å². The molecular formula is C14H11FN2OS. The molecule has 0 aliphatic carbocycles. The predicted molar refractivity (Wildman–Crippen MR) is 76.2 cm³/mol. The normalized spacial score (nSPS) is 10.8. The van der Waals surface area contributed by atoms with E-state index in [-0.39, 0.29) is 11.6 Å². The number of aromatic nitrogens is 1. The minimum Gasteiger partial charge on any atom is -0.508 e. The van der Waals surface area contributed by atoms with Crippen LogP contribution in [0.5, 0.6) is 5.75 Å². The summed E-state index contributed by atoms with van der Waals surface area (Å²) in [5.41, 5.74) is 2.37. The molecule has 0 aliphatic rings. The van der Waals surface area contributed by atoms with Gasteiger partial charge in [0.15, 0.2) is 0 Å².